The van der Waals surface area contributed by atoms with Gasteiger partial charge in [-0.1, -0.05) is 29.8 Å². The summed E-state index contributed by atoms with van der Waals surface area (Å²) in [7, 11) is -4.92. The van der Waals surface area contributed by atoms with Crippen molar-refractivity contribution < 1.29 is 50.5 Å². The van der Waals surface area contributed by atoms with E-state index in [0.717, 1.165) is 0 Å². The fraction of sp³-hybridized carbons (Fsp3) is 0.500. The van der Waals surface area contributed by atoms with Crippen LogP contribution in [0.25, 0.3) is 0 Å². The molecule has 4 N–H and O–H groups in total. The molecule has 0 aliphatic carbocycles. The van der Waals surface area contributed by atoms with Crippen molar-refractivity contribution in [2.45, 2.75) is 63.2 Å². The molecule has 0 bridgehead atoms. The second-order valence-electron chi connectivity index (χ2n) is 8.94. The topological polar surface area (TPSA) is 164 Å². The van der Waals surface area contributed by atoms with Crippen molar-refractivity contribution in [2.24, 2.45) is 0 Å². The Bertz CT molecular complexity index is 1320. The maximum atomic E-state index is 15.3. The van der Waals surface area contributed by atoms with E-state index >= 15 is 8.78 Å². The van der Waals surface area contributed by atoms with Crippen LogP contribution in [0, 0.1) is 0 Å². The van der Waals surface area contributed by atoms with Gasteiger partial charge in [-0.15, -0.1) is 0 Å². The third kappa shape index (κ3) is 6.42. The third-order valence-corrected chi connectivity index (χ3v) is 7.49. The highest BCUT2D eigenvalue weighted by Gasteiger charge is 2.74. The number of nitrogens with two attached hydrogens (primary N) is 1. The number of ether oxygens (including phenoxy) is 2. The molecule has 0 saturated carbocycles. The molecule has 2 heterocycles. The van der Waals surface area contributed by atoms with Crippen molar-refractivity contribution in [1.82, 2.24) is 14.6 Å². The number of rotatable bonds is 11. The Balaban J connectivity index is 1.97. The standard InChI is InChI=1S/C22H26ClF4N4O8P/c1-11(2)37-18(33)12(3)30-40(35,39-13-7-5-4-6-8-13)36-10-21(19(24)25)22(26,27)15(32)17(38-21)31-9-14(23)16(28)29-20(31)34/h4-9,11-12,15,17,19,32H,10H2,1-3H3,(H,30,35)(H2,28,29,34). The average Bonchev–Trinajstić information content (AvgIpc) is 3.06. The molecule has 1 aliphatic heterocycles. The van der Waals surface area contributed by atoms with E-state index in [4.69, 9.17) is 35.9 Å². The molecule has 1 aromatic heterocycles. The lowest BCUT2D eigenvalue weighted by Crippen LogP contribution is -2.57. The number of aliphatic hydroxyl groups excluding tert-OH is 1. The van der Waals surface area contributed by atoms with Gasteiger partial charge in [-0.05, 0) is 32.9 Å². The van der Waals surface area contributed by atoms with Gasteiger partial charge < -0.3 is 24.8 Å². The van der Waals surface area contributed by atoms with Crippen molar-refractivity contribution in [1.29, 1.82) is 0 Å². The number of anilines is 1. The molecular weight excluding hydrogens is 591 g/mol. The number of carbonyl (C=O) groups is 1. The molecule has 18 heteroatoms. The molecule has 0 spiro atoms. The number of nitrogen functional groups attached to an aromatic ring is 1. The van der Waals surface area contributed by atoms with E-state index in [1.54, 1.807) is 6.07 Å². The van der Waals surface area contributed by atoms with Gasteiger partial charge in [0.25, 0.3) is 6.43 Å². The number of para-hydroxylation sites is 1. The summed E-state index contributed by atoms with van der Waals surface area (Å²) in [6.07, 6.45) is -9.48. The van der Waals surface area contributed by atoms with Gasteiger partial charge in [-0.25, -0.2) is 18.1 Å². The van der Waals surface area contributed by atoms with E-state index in [1.807, 2.05) is 0 Å². The Morgan fingerprint density at radius 1 is 1.30 bits per heavy atom. The van der Waals surface area contributed by atoms with Crippen LogP contribution in [0.15, 0.2) is 41.3 Å². The van der Waals surface area contributed by atoms with Crippen molar-refractivity contribution in [3.05, 3.63) is 52.0 Å². The first-order valence-corrected chi connectivity index (χ1v) is 13.5. The summed E-state index contributed by atoms with van der Waals surface area (Å²) in [5.41, 5.74) is 0.0799. The molecule has 1 aliphatic rings. The number of nitrogens with zero attached hydrogens (tertiary/aromatic N) is 2. The van der Waals surface area contributed by atoms with Gasteiger partial charge in [-0.3, -0.25) is 13.9 Å². The minimum Gasteiger partial charge on any atom is -0.462 e. The number of hydrogen-bond donors (Lipinski definition) is 3. The Morgan fingerprint density at radius 3 is 2.50 bits per heavy atom. The zero-order chi connectivity index (χ0) is 30.0. The van der Waals surface area contributed by atoms with E-state index in [9.17, 15) is 28.0 Å². The lowest BCUT2D eigenvalue weighted by Gasteiger charge is -2.34. The number of aliphatic hydroxyl groups is 1. The lowest BCUT2D eigenvalue weighted by molar-refractivity contribution is -0.242. The minimum absolute atomic E-state index is 0.139. The van der Waals surface area contributed by atoms with Crippen LogP contribution in [0.3, 0.4) is 0 Å². The van der Waals surface area contributed by atoms with Crippen LogP contribution in [0.1, 0.15) is 27.0 Å². The highest BCUT2D eigenvalue weighted by molar-refractivity contribution is 7.52. The van der Waals surface area contributed by atoms with E-state index in [2.05, 4.69) is 10.1 Å². The smallest absolute Gasteiger partial charge is 0.459 e. The fourth-order valence-corrected chi connectivity index (χ4v) is 5.21. The summed E-state index contributed by atoms with van der Waals surface area (Å²) in [5.74, 6) is -6.37. The normalized spacial score (nSPS) is 24.6. The molecule has 0 amide bonds. The van der Waals surface area contributed by atoms with Crippen molar-refractivity contribution in [3.8, 4) is 5.75 Å². The molecule has 1 aromatic carbocycles. The van der Waals surface area contributed by atoms with Crippen molar-refractivity contribution in [2.75, 3.05) is 12.3 Å². The van der Waals surface area contributed by atoms with Gasteiger partial charge >= 0.3 is 25.3 Å². The first-order valence-electron chi connectivity index (χ1n) is 11.6. The zero-order valence-corrected chi connectivity index (χ0v) is 22.8. The first-order chi connectivity index (χ1) is 18.5. The molecule has 3 rings (SSSR count). The van der Waals surface area contributed by atoms with Gasteiger partial charge in [0.2, 0.25) is 5.60 Å². The number of hydrogen-bond acceptors (Lipinski definition) is 10. The maximum Gasteiger partial charge on any atom is 0.459 e. The molecule has 40 heavy (non-hydrogen) atoms. The predicted molar refractivity (Wildman–Crippen MR) is 132 cm³/mol. The molecule has 12 nitrogen and oxygen atoms in total. The third-order valence-electron chi connectivity index (χ3n) is 5.57. The zero-order valence-electron chi connectivity index (χ0n) is 21.2. The minimum atomic E-state index is -4.92. The molecular formula is C22H26ClF4N4O8P. The van der Waals surface area contributed by atoms with Crippen LogP contribution in [-0.4, -0.2) is 63.4 Å². The van der Waals surface area contributed by atoms with Crippen LogP contribution in [-0.2, 0) is 23.4 Å². The summed E-state index contributed by atoms with van der Waals surface area (Å²) < 4.78 is 93.5. The molecule has 5 atom stereocenters. The number of aromatic nitrogens is 2. The summed E-state index contributed by atoms with van der Waals surface area (Å²) in [6, 6.07) is 5.63. The predicted octanol–water partition coefficient (Wildman–Crippen LogP) is 3.14. The Morgan fingerprint density at radius 2 is 1.93 bits per heavy atom. The van der Waals surface area contributed by atoms with Gasteiger partial charge in [0.1, 0.15) is 17.6 Å². The second kappa shape index (κ2) is 12.0. The van der Waals surface area contributed by atoms with Crippen LogP contribution in [0.5, 0.6) is 5.75 Å². The van der Waals surface area contributed by atoms with E-state index in [-0.39, 0.29) is 10.3 Å². The fourth-order valence-electron chi connectivity index (χ4n) is 3.54. The highest BCUT2D eigenvalue weighted by Crippen LogP contribution is 2.54. The van der Waals surface area contributed by atoms with Crippen LogP contribution >= 0.6 is 19.3 Å². The number of carbonyl (C=O) groups excluding carboxylic acids is 1. The summed E-state index contributed by atoms with van der Waals surface area (Å²) in [5, 5.41) is 12.0. The van der Waals surface area contributed by atoms with Crippen LogP contribution in [0.4, 0.5) is 23.4 Å². The highest BCUT2D eigenvalue weighted by atomic mass is 35.5. The molecule has 1 fully saturated rings. The van der Waals surface area contributed by atoms with E-state index in [1.165, 1.54) is 45.0 Å². The Kier molecular flexibility index (Phi) is 9.54. The van der Waals surface area contributed by atoms with Crippen molar-refractivity contribution in [3.63, 3.8) is 0 Å². The number of benzene rings is 1. The molecule has 1 saturated heterocycles. The largest absolute Gasteiger partial charge is 0.462 e. The van der Waals surface area contributed by atoms with Gasteiger partial charge in [-0.2, -0.15) is 18.9 Å². The van der Waals surface area contributed by atoms with E-state index in [0.29, 0.717) is 6.20 Å². The number of alkyl halides is 4. The van der Waals surface area contributed by atoms with Gasteiger partial charge in [0.05, 0.1) is 17.7 Å². The Hall–Kier alpha value is -2.75. The number of halogens is 5. The molecule has 5 unspecified atom stereocenters. The summed E-state index contributed by atoms with van der Waals surface area (Å²) in [6.45, 7) is 2.40. The lowest BCUT2D eigenvalue weighted by atomic mass is 9.95. The average molecular weight is 617 g/mol. The first kappa shape index (κ1) is 31.8. The Labute approximate surface area is 229 Å². The molecule has 0 radical (unpaired) electrons. The van der Waals surface area contributed by atoms with E-state index < -0.39 is 79.3 Å². The van der Waals surface area contributed by atoms with Crippen LogP contribution < -0.4 is 21.0 Å². The second-order valence-corrected chi connectivity index (χ2v) is 11.0. The molecule has 222 valence electrons. The summed E-state index contributed by atoms with van der Waals surface area (Å²) >= 11 is 5.78. The van der Waals surface area contributed by atoms with Gasteiger partial charge in [0, 0.05) is 6.20 Å². The molecule has 2 aromatic rings. The van der Waals surface area contributed by atoms with Crippen molar-refractivity contribution >= 4 is 31.1 Å². The van der Waals surface area contributed by atoms with Crippen LogP contribution in [0.2, 0.25) is 5.02 Å². The maximum absolute atomic E-state index is 15.3. The number of nitrogens with one attached hydrogen (secondary N) is 1. The SMILES string of the molecule is CC(C)OC(=O)C(C)NP(=O)(OCC1(C(F)F)OC(n2cc(Cl)c(N)nc2=O)C(O)C1(F)F)Oc1ccccc1. The van der Waals surface area contributed by atoms with Gasteiger partial charge in [0.15, 0.2) is 12.3 Å². The monoisotopic (exact) mass is 616 g/mol. The summed E-state index contributed by atoms with van der Waals surface area (Å²) in [4.78, 5) is 27.8. The number of esters is 1. The quantitative estimate of drug-likeness (QED) is 0.193.